The number of thiocarbonyl (C=S) groups is 1. The molecule has 1 aromatic heterocycles. The van der Waals surface area contributed by atoms with Crippen molar-refractivity contribution >= 4 is 32.9 Å². The number of nitrogens with zero attached hydrogens (tertiary/aromatic N) is 1. The van der Waals surface area contributed by atoms with Gasteiger partial charge in [-0.25, -0.2) is 12.8 Å². The lowest BCUT2D eigenvalue weighted by Crippen LogP contribution is -2.14. The summed E-state index contributed by atoms with van der Waals surface area (Å²) < 4.78 is 39.3. The van der Waals surface area contributed by atoms with Gasteiger partial charge in [0, 0.05) is 17.4 Å². The summed E-state index contributed by atoms with van der Waals surface area (Å²) in [5, 5.41) is 0. The molecule has 0 aliphatic rings. The van der Waals surface area contributed by atoms with Crippen molar-refractivity contribution in [3.8, 4) is 0 Å². The molecular formula is C12H10FN3O2S2. The highest BCUT2D eigenvalue weighted by Crippen LogP contribution is 2.16. The van der Waals surface area contributed by atoms with Gasteiger partial charge in [0.1, 0.15) is 15.7 Å². The van der Waals surface area contributed by atoms with E-state index < -0.39 is 15.8 Å². The lowest BCUT2D eigenvalue weighted by molar-refractivity contribution is 0.592. The van der Waals surface area contributed by atoms with E-state index in [0.29, 0.717) is 11.3 Å². The smallest absolute Gasteiger partial charge is 0.263 e. The molecule has 5 nitrogen and oxygen atoms in total. The van der Waals surface area contributed by atoms with E-state index in [9.17, 15) is 12.8 Å². The van der Waals surface area contributed by atoms with E-state index in [4.69, 9.17) is 18.0 Å². The summed E-state index contributed by atoms with van der Waals surface area (Å²) in [6, 6.07) is 7.09. The van der Waals surface area contributed by atoms with Gasteiger partial charge in [0.2, 0.25) is 0 Å². The number of nitrogens with two attached hydrogens (primary N) is 1. The Balaban J connectivity index is 2.26. The van der Waals surface area contributed by atoms with E-state index in [-0.39, 0.29) is 9.88 Å². The van der Waals surface area contributed by atoms with Crippen LogP contribution in [0.1, 0.15) is 5.56 Å². The standard InChI is InChI=1S/C12H10FN3O2S2/c13-9-5-11(7-15-6-9)20(17,18)16-10-3-1-8(2-4-10)12(14)19/h1-7,16H,(H2,14,19). The molecule has 0 spiro atoms. The number of hydrogen-bond acceptors (Lipinski definition) is 4. The third-order valence-electron chi connectivity index (χ3n) is 2.41. The Bertz CT molecular complexity index is 746. The molecule has 0 atom stereocenters. The molecule has 2 aromatic rings. The van der Waals surface area contributed by atoms with Gasteiger partial charge in [-0.3, -0.25) is 9.71 Å². The van der Waals surface area contributed by atoms with Gasteiger partial charge in [-0.05, 0) is 30.3 Å². The third kappa shape index (κ3) is 3.28. The molecule has 0 radical (unpaired) electrons. The highest BCUT2D eigenvalue weighted by atomic mass is 32.2. The van der Waals surface area contributed by atoms with Crippen LogP contribution in [-0.2, 0) is 10.0 Å². The Kier molecular flexibility index (Phi) is 3.96. The molecule has 8 heteroatoms. The van der Waals surface area contributed by atoms with Crippen molar-refractivity contribution in [1.82, 2.24) is 4.98 Å². The number of halogens is 1. The molecule has 2 rings (SSSR count). The second-order valence-corrected chi connectivity index (χ2v) is 6.01. The first kappa shape index (κ1) is 14.4. The van der Waals surface area contributed by atoms with Gasteiger partial charge in [0.25, 0.3) is 10.0 Å². The van der Waals surface area contributed by atoms with E-state index in [1.165, 1.54) is 12.1 Å². The minimum Gasteiger partial charge on any atom is -0.389 e. The second-order valence-electron chi connectivity index (χ2n) is 3.89. The SMILES string of the molecule is NC(=S)c1ccc(NS(=O)(=O)c2cncc(F)c2)cc1. The zero-order chi connectivity index (χ0) is 14.8. The fourth-order valence-corrected chi connectivity index (χ4v) is 2.62. The van der Waals surface area contributed by atoms with E-state index in [1.54, 1.807) is 12.1 Å². The summed E-state index contributed by atoms with van der Waals surface area (Å²) in [6.45, 7) is 0. The van der Waals surface area contributed by atoms with Gasteiger partial charge >= 0.3 is 0 Å². The Morgan fingerprint density at radius 1 is 1.25 bits per heavy atom. The van der Waals surface area contributed by atoms with Crippen LogP contribution >= 0.6 is 12.2 Å². The monoisotopic (exact) mass is 311 g/mol. The van der Waals surface area contributed by atoms with Crippen molar-refractivity contribution in [3.05, 3.63) is 54.1 Å². The second kappa shape index (κ2) is 5.51. The molecule has 3 N–H and O–H groups in total. The molecule has 0 saturated carbocycles. The molecule has 0 fully saturated rings. The van der Waals surface area contributed by atoms with E-state index in [0.717, 1.165) is 18.5 Å². The Morgan fingerprint density at radius 2 is 1.90 bits per heavy atom. The van der Waals surface area contributed by atoms with Gasteiger partial charge < -0.3 is 5.73 Å². The summed E-state index contributed by atoms with van der Waals surface area (Å²) in [5.41, 5.74) is 6.38. The number of nitrogens with one attached hydrogen (secondary N) is 1. The summed E-state index contributed by atoms with van der Waals surface area (Å²) >= 11 is 4.80. The highest BCUT2D eigenvalue weighted by molar-refractivity contribution is 7.92. The minimum absolute atomic E-state index is 0.216. The summed E-state index contributed by atoms with van der Waals surface area (Å²) in [5.74, 6) is -0.725. The fourth-order valence-electron chi connectivity index (χ4n) is 1.46. The van der Waals surface area contributed by atoms with Crippen LogP contribution in [0.2, 0.25) is 0 Å². The lowest BCUT2D eigenvalue weighted by atomic mass is 10.2. The number of pyridine rings is 1. The number of rotatable bonds is 4. The van der Waals surface area contributed by atoms with E-state index in [1.807, 2.05) is 0 Å². The van der Waals surface area contributed by atoms with Crippen molar-refractivity contribution in [1.29, 1.82) is 0 Å². The van der Waals surface area contributed by atoms with Crippen LogP contribution in [-0.4, -0.2) is 18.4 Å². The Hall–Kier alpha value is -2.06. The predicted molar refractivity (Wildman–Crippen MR) is 77.3 cm³/mol. The predicted octanol–water partition coefficient (Wildman–Crippen LogP) is 1.66. The molecule has 0 aliphatic heterocycles. The first-order chi connectivity index (χ1) is 9.38. The molecule has 0 aliphatic carbocycles. The number of aromatic nitrogens is 1. The molecular weight excluding hydrogens is 301 g/mol. The van der Waals surface area contributed by atoms with Crippen molar-refractivity contribution < 1.29 is 12.8 Å². The summed E-state index contributed by atoms with van der Waals surface area (Å²) in [7, 11) is -3.89. The Morgan fingerprint density at radius 3 is 2.45 bits per heavy atom. The molecule has 20 heavy (non-hydrogen) atoms. The first-order valence-electron chi connectivity index (χ1n) is 5.42. The van der Waals surface area contributed by atoms with E-state index in [2.05, 4.69) is 9.71 Å². The average Bonchev–Trinajstić information content (AvgIpc) is 2.39. The number of hydrogen-bond donors (Lipinski definition) is 2. The normalized spacial score (nSPS) is 11.1. The summed E-state index contributed by atoms with van der Waals surface area (Å²) in [6.07, 6.45) is 1.99. The minimum atomic E-state index is -3.89. The maximum Gasteiger partial charge on any atom is 0.263 e. The fraction of sp³-hybridized carbons (Fsp3) is 0. The molecule has 0 unspecified atom stereocenters. The van der Waals surface area contributed by atoms with Gasteiger partial charge in [0.15, 0.2) is 0 Å². The Labute approximate surface area is 120 Å². The molecule has 0 saturated heterocycles. The molecule has 104 valence electrons. The van der Waals surface area contributed by atoms with Crippen molar-refractivity contribution in [3.63, 3.8) is 0 Å². The van der Waals surface area contributed by atoms with Crippen LogP contribution in [0.4, 0.5) is 10.1 Å². The van der Waals surface area contributed by atoms with Crippen molar-refractivity contribution in [2.24, 2.45) is 5.73 Å². The van der Waals surface area contributed by atoms with Crippen LogP contribution in [0.3, 0.4) is 0 Å². The van der Waals surface area contributed by atoms with E-state index >= 15 is 0 Å². The van der Waals surface area contributed by atoms with Crippen LogP contribution in [0.5, 0.6) is 0 Å². The van der Waals surface area contributed by atoms with Gasteiger partial charge in [-0.15, -0.1) is 0 Å². The molecule has 1 heterocycles. The van der Waals surface area contributed by atoms with Crippen molar-refractivity contribution in [2.75, 3.05) is 4.72 Å². The van der Waals surface area contributed by atoms with Crippen LogP contribution in [0, 0.1) is 5.82 Å². The topological polar surface area (TPSA) is 85.1 Å². The third-order valence-corrected chi connectivity index (χ3v) is 4.00. The zero-order valence-corrected chi connectivity index (χ0v) is 11.7. The quantitative estimate of drug-likeness (QED) is 0.839. The van der Waals surface area contributed by atoms with Gasteiger partial charge in [-0.2, -0.15) is 0 Å². The number of sulfonamides is 1. The number of anilines is 1. The van der Waals surface area contributed by atoms with Crippen LogP contribution in [0.25, 0.3) is 0 Å². The largest absolute Gasteiger partial charge is 0.389 e. The maximum absolute atomic E-state index is 13.0. The van der Waals surface area contributed by atoms with Gasteiger partial charge in [0.05, 0.1) is 6.20 Å². The molecule has 1 aromatic carbocycles. The maximum atomic E-state index is 13.0. The highest BCUT2D eigenvalue weighted by Gasteiger charge is 2.15. The van der Waals surface area contributed by atoms with Crippen LogP contribution in [0.15, 0.2) is 47.6 Å². The zero-order valence-electron chi connectivity index (χ0n) is 10.1. The van der Waals surface area contributed by atoms with Crippen molar-refractivity contribution in [2.45, 2.75) is 4.90 Å². The lowest BCUT2D eigenvalue weighted by Gasteiger charge is -2.08. The summed E-state index contributed by atoms with van der Waals surface area (Å²) in [4.78, 5) is 3.46. The number of benzene rings is 1. The molecule has 0 bridgehead atoms. The van der Waals surface area contributed by atoms with Gasteiger partial charge in [-0.1, -0.05) is 12.2 Å². The molecule has 0 amide bonds. The average molecular weight is 311 g/mol. The first-order valence-corrected chi connectivity index (χ1v) is 7.31. The van der Waals surface area contributed by atoms with Crippen LogP contribution < -0.4 is 10.5 Å².